The number of hydrogen-bond acceptors (Lipinski definition) is 12. The minimum absolute atomic E-state index is 0.269. The molecule has 0 spiro atoms. The highest BCUT2D eigenvalue weighted by Crippen LogP contribution is 2.40. The van der Waals surface area contributed by atoms with Gasteiger partial charge < -0.3 is 28.6 Å². The Morgan fingerprint density at radius 1 is 0.969 bits per heavy atom. The van der Waals surface area contributed by atoms with E-state index >= 15 is 0 Å². The van der Waals surface area contributed by atoms with Crippen molar-refractivity contribution in [3.8, 4) is 0 Å². The molecule has 0 aromatic heterocycles. The van der Waals surface area contributed by atoms with Crippen molar-refractivity contribution in [2.75, 3.05) is 12.4 Å². The summed E-state index contributed by atoms with van der Waals surface area (Å²) in [4.78, 5) is 72.8. The van der Waals surface area contributed by atoms with Gasteiger partial charge in [-0.05, 0) is 0 Å². The van der Waals surface area contributed by atoms with Gasteiger partial charge in [0.05, 0.1) is 0 Å². The van der Waals surface area contributed by atoms with Crippen molar-refractivity contribution in [2.45, 2.75) is 70.5 Å². The van der Waals surface area contributed by atoms with E-state index in [1.165, 1.54) is 23.6 Å². The second-order valence-corrected chi connectivity index (χ2v) is 8.32. The number of carbonyl (C=O) groups excluding carboxylic acids is 6. The van der Waals surface area contributed by atoms with Crippen molar-refractivity contribution in [1.29, 1.82) is 0 Å². The number of hydrogen-bond donors (Lipinski definition) is 0. The van der Waals surface area contributed by atoms with Gasteiger partial charge >= 0.3 is 29.8 Å². The zero-order valence-corrected chi connectivity index (χ0v) is 19.0. The number of cyclic esters (lactones) is 1. The molecule has 32 heavy (non-hydrogen) atoms. The summed E-state index contributed by atoms with van der Waals surface area (Å²) < 4.78 is 26.3. The molecule has 2 bridgehead atoms. The highest BCUT2D eigenvalue weighted by Gasteiger charge is 2.57. The van der Waals surface area contributed by atoms with Crippen LogP contribution in [0.2, 0.25) is 0 Å². The molecule has 0 aromatic carbocycles. The van der Waals surface area contributed by atoms with Crippen LogP contribution in [0.25, 0.3) is 0 Å². The first-order valence-electron chi connectivity index (χ1n) is 9.68. The predicted octanol–water partition coefficient (Wildman–Crippen LogP) is -0.440. The van der Waals surface area contributed by atoms with Crippen molar-refractivity contribution in [3.05, 3.63) is 0 Å². The van der Waals surface area contributed by atoms with Crippen LogP contribution in [0.4, 0.5) is 0 Å². The van der Waals surface area contributed by atoms with E-state index in [0.717, 1.165) is 27.7 Å². The van der Waals surface area contributed by atoms with Crippen molar-refractivity contribution in [3.63, 3.8) is 0 Å². The lowest BCUT2D eigenvalue weighted by atomic mass is 9.99. The fourth-order valence-corrected chi connectivity index (χ4v) is 5.06. The quantitative estimate of drug-likeness (QED) is 0.330. The van der Waals surface area contributed by atoms with Gasteiger partial charge in [0, 0.05) is 40.4 Å². The van der Waals surface area contributed by atoms with Crippen LogP contribution in [0.5, 0.6) is 0 Å². The Morgan fingerprint density at radius 3 is 2.06 bits per heavy atom. The Balaban J connectivity index is 2.49. The van der Waals surface area contributed by atoms with Crippen LogP contribution in [0.15, 0.2) is 0 Å². The summed E-state index contributed by atoms with van der Waals surface area (Å²) >= 11 is 1.23. The van der Waals surface area contributed by atoms with Crippen LogP contribution in [0.3, 0.4) is 0 Å². The molecule has 2 rings (SSSR count). The summed E-state index contributed by atoms with van der Waals surface area (Å²) in [5, 5.41) is -0.746. The third-order valence-corrected chi connectivity index (χ3v) is 5.94. The monoisotopic (exact) mass is 475 g/mol. The van der Waals surface area contributed by atoms with E-state index in [-0.39, 0.29) is 5.75 Å². The molecule has 2 aliphatic rings. The van der Waals surface area contributed by atoms with Gasteiger partial charge in [0.15, 0.2) is 24.4 Å². The average molecular weight is 475 g/mol. The molecular formula is C19H25NO11S. The van der Waals surface area contributed by atoms with Crippen LogP contribution in [0.1, 0.15) is 34.6 Å². The molecule has 2 saturated heterocycles. The summed E-state index contributed by atoms with van der Waals surface area (Å²) in [6, 6.07) is -0.797. The standard InChI is InChI=1S/C19H25NO11S/c1-8(21)20-13-7-32-18(20)17(31-19(13)26)16(30-12(5)25)15(29-11(4)24)14(28-10(3)23)6-27-9(2)22/h13-18H,6-7H2,1-5H3/t13-,14-,15+,16+,17-,18+/m1/s1. The molecule has 178 valence electrons. The zero-order valence-electron chi connectivity index (χ0n) is 18.2. The van der Waals surface area contributed by atoms with Crippen LogP contribution < -0.4 is 0 Å². The van der Waals surface area contributed by atoms with Crippen LogP contribution >= 0.6 is 11.8 Å². The average Bonchev–Trinajstić information content (AvgIpc) is 3.03. The molecule has 13 heteroatoms. The predicted molar refractivity (Wildman–Crippen MR) is 106 cm³/mol. The van der Waals surface area contributed by atoms with Crippen LogP contribution in [-0.2, 0) is 52.5 Å². The first kappa shape index (κ1) is 25.4. The minimum Gasteiger partial charge on any atom is -0.462 e. The van der Waals surface area contributed by atoms with Gasteiger partial charge in [-0.1, -0.05) is 0 Å². The molecule has 0 N–H and O–H groups in total. The Bertz CT molecular complexity index is 800. The van der Waals surface area contributed by atoms with Gasteiger partial charge in [-0.3, -0.25) is 24.0 Å². The molecule has 2 heterocycles. The van der Waals surface area contributed by atoms with Crippen LogP contribution in [0, 0.1) is 0 Å². The van der Waals surface area contributed by atoms with Crippen molar-refractivity contribution in [1.82, 2.24) is 4.90 Å². The zero-order chi connectivity index (χ0) is 24.2. The van der Waals surface area contributed by atoms with Gasteiger partial charge in [-0.15, -0.1) is 11.8 Å². The second kappa shape index (κ2) is 10.7. The minimum atomic E-state index is -1.51. The first-order chi connectivity index (χ1) is 14.9. The Hall–Kier alpha value is -2.83. The second-order valence-electron chi connectivity index (χ2n) is 7.17. The largest absolute Gasteiger partial charge is 0.462 e. The number of amides is 1. The van der Waals surface area contributed by atoms with Gasteiger partial charge in [-0.25, -0.2) is 4.79 Å². The number of morpholine rings is 1. The molecule has 2 aliphatic heterocycles. The number of fused-ring (bicyclic) bond motifs is 2. The molecule has 12 nitrogen and oxygen atoms in total. The SMILES string of the molecule is CC(=O)OC[C@@H](OC(C)=O)[C@H](OC(C)=O)[C@H](OC(C)=O)[C@H]1OC(=O)[C@H]2CS[C@@H]1N2C(C)=O. The van der Waals surface area contributed by atoms with Gasteiger partial charge in [0.1, 0.15) is 18.0 Å². The number of ether oxygens (including phenoxy) is 5. The van der Waals surface area contributed by atoms with E-state index in [2.05, 4.69) is 0 Å². The van der Waals surface area contributed by atoms with Crippen molar-refractivity contribution in [2.24, 2.45) is 0 Å². The fraction of sp³-hybridized carbons (Fsp3) is 0.684. The van der Waals surface area contributed by atoms with Crippen molar-refractivity contribution < 1.29 is 52.5 Å². The maximum absolute atomic E-state index is 12.5. The third kappa shape index (κ3) is 6.11. The van der Waals surface area contributed by atoms with Crippen LogP contribution in [-0.4, -0.2) is 88.8 Å². The highest BCUT2D eigenvalue weighted by molar-refractivity contribution is 8.00. The maximum Gasteiger partial charge on any atom is 0.330 e. The van der Waals surface area contributed by atoms with Gasteiger partial charge in [-0.2, -0.15) is 0 Å². The molecule has 0 aromatic rings. The van der Waals surface area contributed by atoms with Gasteiger partial charge in [0.25, 0.3) is 0 Å². The Morgan fingerprint density at radius 2 is 1.56 bits per heavy atom. The van der Waals surface area contributed by atoms with E-state index in [9.17, 15) is 28.8 Å². The Labute approximate surface area is 188 Å². The molecule has 1 amide bonds. The third-order valence-electron chi connectivity index (χ3n) is 4.59. The molecule has 0 saturated carbocycles. The number of rotatable bonds is 8. The fourth-order valence-electron chi connectivity index (χ4n) is 3.53. The topological polar surface area (TPSA) is 152 Å². The first-order valence-corrected chi connectivity index (χ1v) is 10.7. The van der Waals surface area contributed by atoms with E-state index in [4.69, 9.17) is 23.7 Å². The molecule has 0 radical (unpaired) electrons. The Kier molecular flexibility index (Phi) is 8.47. The lowest BCUT2D eigenvalue weighted by molar-refractivity contribution is -0.212. The van der Waals surface area contributed by atoms with E-state index in [1.54, 1.807) is 0 Å². The lowest BCUT2D eigenvalue weighted by Crippen LogP contribution is -2.63. The van der Waals surface area contributed by atoms with Crippen molar-refractivity contribution >= 4 is 47.5 Å². The van der Waals surface area contributed by atoms with E-state index < -0.39 is 78.2 Å². The van der Waals surface area contributed by atoms with Gasteiger partial charge in [0.2, 0.25) is 5.91 Å². The van der Waals surface area contributed by atoms with E-state index in [1.807, 2.05) is 0 Å². The number of thioether (sulfide) groups is 1. The summed E-state index contributed by atoms with van der Waals surface area (Å²) in [5.74, 6) is -3.96. The summed E-state index contributed by atoms with van der Waals surface area (Å²) in [6.45, 7) is 5.13. The molecule has 0 aliphatic carbocycles. The smallest absolute Gasteiger partial charge is 0.330 e. The molecule has 6 atom stereocenters. The molecular weight excluding hydrogens is 450 g/mol. The number of carbonyl (C=O) groups is 6. The number of esters is 5. The summed E-state index contributed by atoms with van der Waals surface area (Å²) in [7, 11) is 0. The lowest BCUT2D eigenvalue weighted by Gasteiger charge is -2.42. The highest BCUT2D eigenvalue weighted by atomic mass is 32.2. The molecule has 0 unspecified atom stereocenters. The number of nitrogens with zero attached hydrogens (tertiary/aromatic N) is 1. The molecule has 2 fully saturated rings. The maximum atomic E-state index is 12.5. The summed E-state index contributed by atoms with van der Waals surface area (Å²) in [5.41, 5.74) is 0. The summed E-state index contributed by atoms with van der Waals surface area (Å²) in [6.07, 6.45) is -5.63. The van der Waals surface area contributed by atoms with E-state index in [0.29, 0.717) is 0 Å². The normalized spacial score (nSPS) is 24.5.